The second kappa shape index (κ2) is 7.30. The summed E-state index contributed by atoms with van der Waals surface area (Å²) in [5.74, 6) is 0.227. The molecular weight excluding hydrogens is 307 g/mol. The van der Waals surface area contributed by atoms with Gasteiger partial charge in [-0.1, -0.05) is 30.3 Å². The van der Waals surface area contributed by atoms with Gasteiger partial charge in [0.1, 0.15) is 23.8 Å². The van der Waals surface area contributed by atoms with Crippen LogP contribution in [0.1, 0.15) is 12.0 Å². The van der Waals surface area contributed by atoms with Crippen molar-refractivity contribution < 1.29 is 14.2 Å². The lowest BCUT2D eigenvalue weighted by Gasteiger charge is -2.30. The van der Waals surface area contributed by atoms with E-state index in [1.54, 1.807) is 12.1 Å². The van der Waals surface area contributed by atoms with Gasteiger partial charge >= 0.3 is 0 Å². The highest BCUT2D eigenvalue weighted by molar-refractivity contribution is 5.23. The van der Waals surface area contributed by atoms with Gasteiger partial charge in [0, 0.05) is 19.0 Å². The molecule has 2 aromatic carbocycles. The highest BCUT2D eigenvalue weighted by Gasteiger charge is 2.44. The second-order valence-electron chi connectivity index (χ2n) is 6.39. The van der Waals surface area contributed by atoms with Crippen molar-refractivity contribution in [2.24, 2.45) is 5.73 Å². The average molecular weight is 330 g/mol. The van der Waals surface area contributed by atoms with E-state index in [0.717, 1.165) is 0 Å². The molecular formula is C19H23FN2O2. The predicted octanol–water partition coefficient (Wildman–Crippen LogP) is 2.17. The Bertz CT molecular complexity index is 650. The first-order chi connectivity index (χ1) is 11.5. The Morgan fingerprint density at radius 3 is 2.50 bits per heavy atom. The van der Waals surface area contributed by atoms with Crippen LogP contribution in [-0.4, -0.2) is 41.3 Å². The van der Waals surface area contributed by atoms with E-state index in [0.29, 0.717) is 18.7 Å². The molecule has 0 heterocycles. The predicted molar refractivity (Wildman–Crippen MR) is 91.1 cm³/mol. The number of halogens is 1. The molecule has 128 valence electrons. The van der Waals surface area contributed by atoms with Gasteiger partial charge in [0.15, 0.2) is 0 Å². The summed E-state index contributed by atoms with van der Waals surface area (Å²) in [6.45, 7) is 0.708. The molecule has 1 fully saturated rings. The molecule has 3 rings (SSSR count). The molecule has 5 heteroatoms. The summed E-state index contributed by atoms with van der Waals surface area (Å²) in [5, 5.41) is 10.7. The molecule has 3 N–H and O–H groups in total. The molecule has 0 aliphatic heterocycles. The van der Waals surface area contributed by atoms with Crippen molar-refractivity contribution in [1.82, 2.24) is 4.90 Å². The Morgan fingerprint density at radius 1 is 1.17 bits per heavy atom. The fourth-order valence-corrected chi connectivity index (χ4v) is 3.39. The van der Waals surface area contributed by atoms with Crippen LogP contribution >= 0.6 is 0 Å². The summed E-state index contributed by atoms with van der Waals surface area (Å²) < 4.78 is 18.8. The largest absolute Gasteiger partial charge is 0.488 e. The monoisotopic (exact) mass is 330 g/mol. The summed E-state index contributed by atoms with van der Waals surface area (Å²) in [6.07, 6.45) is -0.532. The van der Waals surface area contributed by atoms with E-state index in [1.165, 1.54) is 17.7 Å². The lowest BCUT2D eigenvalue weighted by atomic mass is 10.1. The Labute approximate surface area is 141 Å². The maximum absolute atomic E-state index is 13.0. The van der Waals surface area contributed by atoms with E-state index in [2.05, 4.69) is 17.0 Å². The van der Waals surface area contributed by atoms with Gasteiger partial charge in [0.2, 0.25) is 0 Å². The molecule has 24 heavy (non-hydrogen) atoms. The zero-order chi connectivity index (χ0) is 17.1. The van der Waals surface area contributed by atoms with E-state index in [4.69, 9.17) is 10.5 Å². The number of nitrogens with zero attached hydrogens (tertiary/aromatic N) is 1. The third-order valence-electron chi connectivity index (χ3n) is 4.56. The smallest absolute Gasteiger partial charge is 0.128 e. The number of hydrogen-bond donors (Lipinski definition) is 2. The third kappa shape index (κ3) is 3.75. The Kier molecular flexibility index (Phi) is 5.14. The number of aliphatic hydroxyl groups is 1. The number of ether oxygens (including phenoxy) is 1. The van der Waals surface area contributed by atoms with Gasteiger partial charge in [-0.3, -0.25) is 4.90 Å². The van der Waals surface area contributed by atoms with Gasteiger partial charge in [-0.2, -0.15) is 0 Å². The SMILES string of the molecule is CN(Cc1ccccc1)[C@@H]1[C@@H](O)[C@H](Oc2ccc(F)cc2)C[C@H]1N. The molecule has 0 bridgehead atoms. The molecule has 1 aliphatic carbocycles. The zero-order valence-corrected chi connectivity index (χ0v) is 13.7. The van der Waals surface area contributed by atoms with Gasteiger partial charge in [-0.05, 0) is 36.9 Å². The van der Waals surface area contributed by atoms with Crippen molar-refractivity contribution in [2.45, 2.75) is 37.3 Å². The maximum Gasteiger partial charge on any atom is 0.128 e. The standard InChI is InChI=1S/C19H23FN2O2/c1-22(12-13-5-3-2-4-6-13)18-16(21)11-17(19(18)23)24-15-9-7-14(20)8-10-15/h2-10,16-19,23H,11-12,21H2,1H3/t16-,17-,18+,19+/m1/s1. The normalized spacial score (nSPS) is 26.7. The average Bonchev–Trinajstić information content (AvgIpc) is 2.84. The van der Waals surface area contributed by atoms with Crippen molar-refractivity contribution in [3.63, 3.8) is 0 Å². The molecule has 0 spiro atoms. The molecule has 0 aromatic heterocycles. The first kappa shape index (κ1) is 16.9. The first-order valence-electron chi connectivity index (χ1n) is 8.14. The van der Waals surface area contributed by atoms with Gasteiger partial charge in [0.25, 0.3) is 0 Å². The number of nitrogens with two attached hydrogens (primary N) is 1. The van der Waals surface area contributed by atoms with Crippen LogP contribution in [0.25, 0.3) is 0 Å². The number of aliphatic hydroxyl groups excluding tert-OH is 1. The number of benzene rings is 2. The van der Waals surface area contributed by atoms with Gasteiger partial charge in [-0.15, -0.1) is 0 Å². The highest BCUT2D eigenvalue weighted by Crippen LogP contribution is 2.28. The lowest BCUT2D eigenvalue weighted by Crippen LogP contribution is -2.48. The fraction of sp³-hybridized carbons (Fsp3) is 0.368. The van der Waals surface area contributed by atoms with Crippen LogP contribution in [0.4, 0.5) is 4.39 Å². The number of likely N-dealkylation sites (N-methyl/N-ethyl adjacent to an activating group) is 1. The van der Waals surface area contributed by atoms with Crippen molar-refractivity contribution in [3.05, 3.63) is 66.0 Å². The summed E-state index contributed by atoms with van der Waals surface area (Å²) in [6, 6.07) is 15.5. The second-order valence-corrected chi connectivity index (χ2v) is 6.39. The van der Waals surface area contributed by atoms with Crippen LogP contribution in [0.2, 0.25) is 0 Å². The fourth-order valence-electron chi connectivity index (χ4n) is 3.39. The number of rotatable bonds is 5. The van der Waals surface area contributed by atoms with Crippen molar-refractivity contribution in [1.29, 1.82) is 0 Å². The van der Waals surface area contributed by atoms with Gasteiger partial charge < -0.3 is 15.6 Å². The minimum atomic E-state index is -0.696. The van der Waals surface area contributed by atoms with Crippen LogP contribution in [0.5, 0.6) is 5.75 Å². The van der Waals surface area contributed by atoms with Crippen LogP contribution in [-0.2, 0) is 6.54 Å². The molecule has 4 atom stereocenters. The van der Waals surface area contributed by atoms with E-state index in [1.807, 2.05) is 25.2 Å². The van der Waals surface area contributed by atoms with Crippen molar-refractivity contribution in [2.75, 3.05) is 7.05 Å². The van der Waals surface area contributed by atoms with E-state index in [-0.39, 0.29) is 17.9 Å². The Morgan fingerprint density at radius 2 is 1.83 bits per heavy atom. The molecule has 0 saturated heterocycles. The summed E-state index contributed by atoms with van der Waals surface area (Å²) in [4.78, 5) is 2.07. The maximum atomic E-state index is 13.0. The molecule has 4 nitrogen and oxygen atoms in total. The summed E-state index contributed by atoms with van der Waals surface area (Å²) in [5.41, 5.74) is 7.42. The van der Waals surface area contributed by atoms with E-state index in [9.17, 15) is 9.50 Å². The molecule has 2 aromatic rings. The minimum absolute atomic E-state index is 0.181. The molecule has 0 unspecified atom stereocenters. The summed E-state index contributed by atoms with van der Waals surface area (Å²) >= 11 is 0. The quantitative estimate of drug-likeness (QED) is 0.882. The van der Waals surface area contributed by atoms with Crippen molar-refractivity contribution >= 4 is 0 Å². The van der Waals surface area contributed by atoms with Gasteiger partial charge in [-0.25, -0.2) is 4.39 Å². The minimum Gasteiger partial charge on any atom is -0.488 e. The van der Waals surface area contributed by atoms with Crippen LogP contribution in [0.3, 0.4) is 0 Å². The molecule has 1 saturated carbocycles. The Balaban J connectivity index is 1.65. The van der Waals surface area contributed by atoms with E-state index >= 15 is 0 Å². The van der Waals surface area contributed by atoms with Crippen LogP contribution < -0.4 is 10.5 Å². The van der Waals surface area contributed by atoms with Crippen LogP contribution in [0, 0.1) is 5.82 Å². The Hall–Kier alpha value is -1.95. The molecule has 1 aliphatic rings. The zero-order valence-electron chi connectivity index (χ0n) is 13.7. The highest BCUT2D eigenvalue weighted by atomic mass is 19.1. The first-order valence-corrected chi connectivity index (χ1v) is 8.14. The number of hydrogen-bond acceptors (Lipinski definition) is 4. The lowest BCUT2D eigenvalue weighted by molar-refractivity contribution is 0.0137. The molecule has 0 radical (unpaired) electrons. The van der Waals surface area contributed by atoms with Gasteiger partial charge in [0.05, 0.1) is 6.04 Å². The molecule has 0 amide bonds. The van der Waals surface area contributed by atoms with Crippen LogP contribution in [0.15, 0.2) is 54.6 Å². The topological polar surface area (TPSA) is 58.7 Å². The third-order valence-corrected chi connectivity index (χ3v) is 4.56. The van der Waals surface area contributed by atoms with Crippen molar-refractivity contribution in [3.8, 4) is 5.75 Å². The summed E-state index contributed by atoms with van der Waals surface area (Å²) in [7, 11) is 1.96. The van der Waals surface area contributed by atoms with E-state index < -0.39 is 12.2 Å².